The van der Waals surface area contributed by atoms with Crippen molar-refractivity contribution >= 4 is 34.8 Å². The normalized spacial score (nSPS) is 13.1. The second-order valence-corrected chi connectivity index (χ2v) is 8.64. The molecule has 0 bridgehead atoms. The molecule has 1 fully saturated rings. The van der Waals surface area contributed by atoms with Gasteiger partial charge in [-0.3, -0.25) is 0 Å². The van der Waals surface area contributed by atoms with Crippen molar-refractivity contribution < 1.29 is 19.1 Å². The number of anilines is 4. The molecule has 1 saturated heterocycles. The average Bonchev–Trinajstić information content (AvgIpc) is 2.91. The highest BCUT2D eigenvalue weighted by molar-refractivity contribution is 6.00. The second kappa shape index (κ2) is 12.0. The Kier molecular flexibility index (Phi) is 8.35. The summed E-state index contributed by atoms with van der Waals surface area (Å²) < 4.78 is 10.8. The van der Waals surface area contributed by atoms with Crippen LogP contribution in [0.2, 0.25) is 0 Å². The van der Waals surface area contributed by atoms with E-state index < -0.39 is 0 Å². The van der Waals surface area contributed by atoms with Gasteiger partial charge >= 0.3 is 12.1 Å². The fourth-order valence-electron chi connectivity index (χ4n) is 4.16. The van der Waals surface area contributed by atoms with Crippen molar-refractivity contribution in [2.75, 3.05) is 60.7 Å². The lowest BCUT2D eigenvalue weighted by molar-refractivity contribution is 0.208. The van der Waals surface area contributed by atoms with Gasteiger partial charge < -0.3 is 35.2 Å². The molecule has 4 amide bonds. The number of nitrogens with zero attached hydrogens (tertiary/aromatic N) is 2. The highest BCUT2D eigenvalue weighted by atomic mass is 16.5. The summed E-state index contributed by atoms with van der Waals surface area (Å²) >= 11 is 0. The van der Waals surface area contributed by atoms with Crippen LogP contribution in [0.15, 0.2) is 66.7 Å². The number of amides is 4. The van der Waals surface area contributed by atoms with E-state index in [1.807, 2.05) is 79.4 Å². The Labute approximate surface area is 217 Å². The molecular weight excluding hydrogens is 470 g/mol. The largest absolute Gasteiger partial charge is 0.497 e. The van der Waals surface area contributed by atoms with E-state index in [1.165, 1.54) is 0 Å². The number of ether oxygens (including phenoxy) is 2. The molecule has 0 spiro atoms. The Balaban J connectivity index is 1.27. The first kappa shape index (κ1) is 25.7. The van der Waals surface area contributed by atoms with Crippen LogP contribution in [-0.4, -0.2) is 56.9 Å². The number of para-hydroxylation sites is 2. The number of benzene rings is 3. The van der Waals surface area contributed by atoms with Crippen LogP contribution in [0, 0.1) is 6.92 Å². The van der Waals surface area contributed by atoms with Gasteiger partial charge in [-0.2, -0.15) is 0 Å². The Morgan fingerprint density at radius 1 is 0.865 bits per heavy atom. The molecule has 9 heteroatoms. The molecule has 0 radical (unpaired) electrons. The van der Waals surface area contributed by atoms with Crippen molar-refractivity contribution in [1.29, 1.82) is 0 Å². The Morgan fingerprint density at radius 3 is 2.27 bits per heavy atom. The summed E-state index contributed by atoms with van der Waals surface area (Å²) in [5, 5.41) is 8.68. The maximum absolute atomic E-state index is 12.8. The Morgan fingerprint density at radius 2 is 1.59 bits per heavy atom. The van der Waals surface area contributed by atoms with Crippen molar-refractivity contribution in [2.45, 2.75) is 13.8 Å². The minimum absolute atomic E-state index is 0.107. The van der Waals surface area contributed by atoms with Crippen molar-refractivity contribution in [3.05, 3.63) is 72.3 Å². The van der Waals surface area contributed by atoms with E-state index in [-0.39, 0.29) is 12.1 Å². The number of rotatable bonds is 7. The molecule has 4 rings (SSSR count). The molecule has 3 aromatic rings. The van der Waals surface area contributed by atoms with Crippen molar-refractivity contribution in [3.8, 4) is 11.5 Å². The topological polar surface area (TPSA) is 95.2 Å². The number of nitrogens with one attached hydrogen (secondary N) is 3. The minimum atomic E-state index is -0.341. The van der Waals surface area contributed by atoms with Gasteiger partial charge in [-0.15, -0.1) is 0 Å². The fourth-order valence-corrected chi connectivity index (χ4v) is 4.16. The van der Waals surface area contributed by atoms with Crippen molar-refractivity contribution in [3.63, 3.8) is 0 Å². The lowest BCUT2D eigenvalue weighted by atomic mass is 10.2. The molecule has 0 saturated carbocycles. The molecule has 37 heavy (non-hydrogen) atoms. The average molecular weight is 504 g/mol. The highest BCUT2D eigenvalue weighted by Crippen LogP contribution is 2.25. The summed E-state index contributed by atoms with van der Waals surface area (Å²) in [7, 11) is 1.62. The van der Waals surface area contributed by atoms with Crippen molar-refractivity contribution in [1.82, 2.24) is 4.90 Å². The Hall–Kier alpha value is -4.40. The first-order chi connectivity index (χ1) is 18.0. The Bertz CT molecular complexity index is 1220. The summed E-state index contributed by atoms with van der Waals surface area (Å²) in [4.78, 5) is 29.3. The number of methoxy groups -OCH3 is 1. The maximum atomic E-state index is 12.8. The molecule has 0 aromatic heterocycles. The lowest BCUT2D eigenvalue weighted by Gasteiger charge is -2.36. The number of hydrogen-bond donors (Lipinski definition) is 3. The molecule has 0 aliphatic carbocycles. The van der Waals surface area contributed by atoms with Gasteiger partial charge in [0, 0.05) is 43.2 Å². The van der Waals surface area contributed by atoms with Gasteiger partial charge in [0.2, 0.25) is 0 Å². The van der Waals surface area contributed by atoms with Crippen LogP contribution in [0.5, 0.6) is 11.5 Å². The quantitative estimate of drug-likeness (QED) is 0.401. The monoisotopic (exact) mass is 503 g/mol. The van der Waals surface area contributed by atoms with Gasteiger partial charge in [0.15, 0.2) is 0 Å². The van der Waals surface area contributed by atoms with E-state index in [1.54, 1.807) is 13.2 Å². The zero-order chi connectivity index (χ0) is 26.2. The van der Waals surface area contributed by atoms with Gasteiger partial charge in [-0.1, -0.05) is 12.1 Å². The molecule has 3 aromatic carbocycles. The second-order valence-electron chi connectivity index (χ2n) is 8.64. The molecule has 9 nitrogen and oxygen atoms in total. The lowest BCUT2D eigenvalue weighted by Crippen LogP contribution is -2.50. The zero-order valence-electron chi connectivity index (χ0n) is 21.4. The summed E-state index contributed by atoms with van der Waals surface area (Å²) in [6.45, 7) is 7.02. The molecule has 0 atom stereocenters. The highest BCUT2D eigenvalue weighted by Gasteiger charge is 2.22. The molecule has 0 unspecified atom stereocenters. The van der Waals surface area contributed by atoms with E-state index in [9.17, 15) is 9.59 Å². The summed E-state index contributed by atoms with van der Waals surface area (Å²) in [6.07, 6.45) is 0. The van der Waals surface area contributed by atoms with E-state index in [2.05, 4.69) is 20.9 Å². The minimum Gasteiger partial charge on any atom is -0.497 e. The molecule has 3 N–H and O–H groups in total. The predicted molar refractivity (Wildman–Crippen MR) is 147 cm³/mol. The first-order valence-corrected chi connectivity index (χ1v) is 12.3. The van der Waals surface area contributed by atoms with Crippen LogP contribution in [-0.2, 0) is 0 Å². The van der Waals surface area contributed by atoms with Crippen LogP contribution in [0.4, 0.5) is 32.3 Å². The fraction of sp³-hybridized carbons (Fsp3) is 0.286. The number of aryl methyl sites for hydroxylation is 1. The predicted octanol–water partition coefficient (Wildman–Crippen LogP) is 5.40. The van der Waals surface area contributed by atoms with Gasteiger partial charge in [-0.25, -0.2) is 9.59 Å². The molecule has 194 valence electrons. The smallest absolute Gasteiger partial charge is 0.323 e. The maximum Gasteiger partial charge on any atom is 0.323 e. The summed E-state index contributed by atoms with van der Waals surface area (Å²) in [5.41, 5.74) is 4.07. The van der Waals surface area contributed by atoms with Crippen LogP contribution < -0.4 is 30.3 Å². The van der Waals surface area contributed by atoms with Gasteiger partial charge in [0.25, 0.3) is 0 Å². The third kappa shape index (κ3) is 6.63. The molecule has 1 aliphatic heterocycles. The summed E-state index contributed by atoms with van der Waals surface area (Å²) in [6, 6.07) is 20.1. The third-order valence-electron chi connectivity index (χ3n) is 6.17. The van der Waals surface area contributed by atoms with Crippen molar-refractivity contribution in [2.24, 2.45) is 0 Å². The SMILES string of the molecule is CCOc1ccccc1NC(=O)Nc1ccc(N2CCN(C(=O)Nc3ccc(OC)cc3C)CC2)cc1. The van der Waals surface area contributed by atoms with E-state index in [4.69, 9.17) is 9.47 Å². The molecule has 1 heterocycles. The number of hydrogen-bond acceptors (Lipinski definition) is 5. The van der Waals surface area contributed by atoms with Crippen LogP contribution in [0.25, 0.3) is 0 Å². The van der Waals surface area contributed by atoms with Gasteiger partial charge in [0.05, 0.1) is 19.4 Å². The van der Waals surface area contributed by atoms with Crippen LogP contribution >= 0.6 is 0 Å². The van der Waals surface area contributed by atoms with Crippen LogP contribution in [0.3, 0.4) is 0 Å². The van der Waals surface area contributed by atoms with Gasteiger partial charge in [0.1, 0.15) is 11.5 Å². The van der Waals surface area contributed by atoms with E-state index in [0.717, 1.165) is 35.8 Å². The van der Waals surface area contributed by atoms with E-state index in [0.29, 0.717) is 36.8 Å². The number of carbonyl (C=O) groups excluding carboxylic acids is 2. The standard InChI is InChI=1S/C28H33N5O4/c1-4-37-26-8-6-5-7-25(26)30-27(34)29-21-9-11-22(12-10-21)32-15-17-33(18-16-32)28(35)31-24-14-13-23(36-3)19-20(24)2/h5-14,19H,4,15-18H2,1-3H3,(H,31,35)(H2,29,30,34). The third-order valence-corrected chi connectivity index (χ3v) is 6.17. The molecular formula is C28H33N5O4. The number of piperazine rings is 1. The first-order valence-electron chi connectivity index (χ1n) is 12.3. The zero-order valence-corrected chi connectivity index (χ0v) is 21.4. The number of carbonyl (C=O) groups is 2. The molecule has 1 aliphatic rings. The number of urea groups is 2. The summed E-state index contributed by atoms with van der Waals surface area (Å²) in [5.74, 6) is 1.39. The van der Waals surface area contributed by atoms with E-state index >= 15 is 0 Å². The van der Waals surface area contributed by atoms with Crippen LogP contribution in [0.1, 0.15) is 12.5 Å². The van der Waals surface area contributed by atoms with Gasteiger partial charge in [-0.05, 0) is 74.0 Å².